The molecule has 0 atom stereocenters. The van der Waals surface area contributed by atoms with Gasteiger partial charge in [-0.3, -0.25) is 0 Å². The molecule has 0 N–H and O–H groups in total. The molecule has 0 saturated heterocycles. The van der Waals surface area contributed by atoms with E-state index < -0.39 is 18.8 Å². The van der Waals surface area contributed by atoms with Gasteiger partial charge in [-0.15, -0.1) is 0 Å². The molecule has 0 spiro atoms. The van der Waals surface area contributed by atoms with E-state index in [0.717, 1.165) is 13.1 Å². The third-order valence-corrected chi connectivity index (χ3v) is 12.0. The van der Waals surface area contributed by atoms with Crippen molar-refractivity contribution in [2.24, 2.45) is 0 Å². The minimum absolute atomic E-state index is 0.739. The third-order valence-electron chi connectivity index (χ3n) is 3.94. The Morgan fingerprint density at radius 2 is 0.739 bits per heavy atom. The van der Waals surface area contributed by atoms with Crippen molar-refractivity contribution in [2.75, 3.05) is 0 Å². The molecule has 0 bridgehead atoms. The van der Waals surface area contributed by atoms with E-state index in [1.165, 1.54) is 16.7 Å². The van der Waals surface area contributed by atoms with Crippen LogP contribution >= 0.6 is 0 Å². The van der Waals surface area contributed by atoms with E-state index in [2.05, 4.69) is 36.4 Å². The molecule has 0 aliphatic heterocycles. The molecule has 2 heteroatoms. The molecule has 0 aromatic heterocycles. The Balaban J connectivity index is 1.87. The van der Waals surface area contributed by atoms with Crippen LogP contribution < -0.4 is 0 Å². The zero-order valence-corrected chi connectivity index (χ0v) is 15.7. The molecular weight excluding hydrogens is 390 g/mol. The number of hydrogen-bond donors (Lipinski definition) is 0. The van der Waals surface area contributed by atoms with Gasteiger partial charge in [0.1, 0.15) is 0 Å². The van der Waals surface area contributed by atoms with Crippen LogP contribution in [0.1, 0.15) is 16.7 Å². The van der Waals surface area contributed by atoms with Crippen molar-refractivity contribution >= 4 is 18.8 Å². The molecule has 3 aromatic carbocycles. The van der Waals surface area contributed by atoms with Gasteiger partial charge in [-0.05, 0) is 0 Å². The molecule has 0 amide bonds. The van der Waals surface area contributed by atoms with E-state index in [1.807, 2.05) is 54.6 Å². The maximum absolute atomic E-state index is 13.8. The molecule has 0 aliphatic rings. The normalized spacial score (nSPS) is 11.3. The fourth-order valence-electron chi connectivity index (χ4n) is 2.92. The molecular formula is C21H21OSb. The van der Waals surface area contributed by atoms with Crippen LogP contribution in [-0.4, -0.2) is 18.8 Å². The molecule has 3 rings (SSSR count). The Kier molecular flexibility index (Phi) is 5.41. The summed E-state index contributed by atoms with van der Waals surface area (Å²) in [5.74, 6) is 0. The molecule has 0 saturated carbocycles. The van der Waals surface area contributed by atoms with Crippen molar-refractivity contribution in [1.29, 1.82) is 0 Å². The summed E-state index contributed by atoms with van der Waals surface area (Å²) >= 11 is -3.46. The van der Waals surface area contributed by atoms with Crippen LogP contribution in [0.2, 0.25) is 0 Å². The molecule has 0 fully saturated rings. The first-order chi connectivity index (χ1) is 11.2. The Bertz CT molecular complexity index is 659. The van der Waals surface area contributed by atoms with Crippen LogP contribution in [0, 0.1) is 0 Å². The molecule has 0 aliphatic carbocycles. The van der Waals surface area contributed by atoms with Gasteiger partial charge in [0, 0.05) is 0 Å². The number of hydrogen-bond acceptors (Lipinski definition) is 1. The van der Waals surface area contributed by atoms with Gasteiger partial charge in [0.25, 0.3) is 0 Å². The van der Waals surface area contributed by atoms with Crippen molar-refractivity contribution in [1.82, 2.24) is 0 Å². The molecule has 0 heterocycles. The van der Waals surface area contributed by atoms with Crippen molar-refractivity contribution in [3.63, 3.8) is 0 Å². The molecule has 3 aromatic rings. The first-order valence-electron chi connectivity index (χ1n) is 7.92. The topological polar surface area (TPSA) is 17.1 Å². The van der Waals surface area contributed by atoms with Crippen molar-refractivity contribution in [2.45, 2.75) is 13.1 Å². The van der Waals surface area contributed by atoms with Crippen LogP contribution in [0.5, 0.6) is 0 Å². The van der Waals surface area contributed by atoms with Crippen molar-refractivity contribution < 1.29 is 3.02 Å². The zero-order valence-electron chi connectivity index (χ0n) is 13.1. The van der Waals surface area contributed by atoms with E-state index >= 15 is 0 Å². The summed E-state index contributed by atoms with van der Waals surface area (Å²) in [6.45, 7) is 0. The average molecular weight is 411 g/mol. The number of rotatable bonds is 6. The first kappa shape index (κ1) is 16.1. The van der Waals surface area contributed by atoms with Crippen LogP contribution in [0.25, 0.3) is 0 Å². The second-order valence-electron chi connectivity index (χ2n) is 5.99. The van der Waals surface area contributed by atoms with E-state index in [9.17, 15) is 3.02 Å². The van der Waals surface area contributed by atoms with Crippen molar-refractivity contribution in [3.8, 4) is 0 Å². The quantitative estimate of drug-likeness (QED) is 0.538. The number of benzene rings is 3. The van der Waals surface area contributed by atoms with Gasteiger partial charge in [-0.25, -0.2) is 0 Å². The summed E-state index contributed by atoms with van der Waals surface area (Å²) in [7, 11) is 0. The standard InChI is InChI=1S/3C7H7.O.Sb/c3*1-7-5-3-2-4-6-7;;/h3*2-6H,1H2;;. The SMILES string of the molecule is [O]=[Sb]([CH2]c1ccccc1)([CH2]c1ccccc1)[CH2]c1ccccc1. The van der Waals surface area contributed by atoms with Crippen LogP contribution in [0.4, 0.5) is 0 Å². The summed E-state index contributed by atoms with van der Waals surface area (Å²) in [5.41, 5.74) is 3.58. The molecule has 0 radical (unpaired) electrons. The van der Waals surface area contributed by atoms with E-state index in [4.69, 9.17) is 0 Å². The van der Waals surface area contributed by atoms with Gasteiger partial charge in [-0.2, -0.15) is 0 Å². The fourth-order valence-corrected chi connectivity index (χ4v) is 11.4. The van der Waals surface area contributed by atoms with E-state index in [-0.39, 0.29) is 0 Å². The summed E-state index contributed by atoms with van der Waals surface area (Å²) in [6, 6.07) is 30.8. The van der Waals surface area contributed by atoms with E-state index in [0.29, 0.717) is 0 Å². The van der Waals surface area contributed by atoms with Crippen LogP contribution in [0.15, 0.2) is 91.0 Å². The second-order valence-corrected chi connectivity index (χ2v) is 14.7. The zero-order chi connectivity index (χ0) is 16.0. The Labute approximate surface area is 142 Å². The fraction of sp³-hybridized carbons (Fsp3) is 0.143. The molecule has 0 unspecified atom stereocenters. The minimum atomic E-state index is -3.46. The first-order valence-corrected chi connectivity index (χ1v) is 14.4. The Morgan fingerprint density at radius 1 is 0.478 bits per heavy atom. The van der Waals surface area contributed by atoms with Gasteiger partial charge in [0.2, 0.25) is 0 Å². The average Bonchev–Trinajstić information content (AvgIpc) is 2.57. The summed E-state index contributed by atoms with van der Waals surface area (Å²) in [5, 5.41) is 0. The molecule has 23 heavy (non-hydrogen) atoms. The van der Waals surface area contributed by atoms with Crippen LogP contribution in [0.3, 0.4) is 0 Å². The second kappa shape index (κ2) is 7.70. The van der Waals surface area contributed by atoms with Gasteiger partial charge in [0.05, 0.1) is 0 Å². The summed E-state index contributed by atoms with van der Waals surface area (Å²) in [4.78, 5) is 0. The predicted octanol–water partition coefficient (Wildman–Crippen LogP) is 4.71. The monoisotopic (exact) mass is 410 g/mol. The van der Waals surface area contributed by atoms with Gasteiger partial charge in [0.15, 0.2) is 0 Å². The van der Waals surface area contributed by atoms with E-state index in [1.54, 1.807) is 0 Å². The predicted molar refractivity (Wildman–Crippen MR) is 96.9 cm³/mol. The van der Waals surface area contributed by atoms with Gasteiger partial charge in [-0.1, -0.05) is 0 Å². The van der Waals surface area contributed by atoms with Crippen molar-refractivity contribution in [3.05, 3.63) is 108 Å². The Morgan fingerprint density at radius 3 is 1.00 bits per heavy atom. The van der Waals surface area contributed by atoms with Crippen LogP contribution in [-0.2, 0) is 16.1 Å². The summed E-state index contributed by atoms with van der Waals surface area (Å²) in [6.07, 6.45) is 0. The third kappa shape index (κ3) is 4.88. The van der Waals surface area contributed by atoms with Gasteiger partial charge >= 0.3 is 143 Å². The summed E-state index contributed by atoms with van der Waals surface area (Å²) < 4.78 is 16.0. The molecule has 1 nitrogen and oxygen atoms in total. The maximum atomic E-state index is 13.8. The molecule has 116 valence electrons. The van der Waals surface area contributed by atoms with Gasteiger partial charge < -0.3 is 0 Å². The Hall–Kier alpha value is -1.72.